The molecule has 0 spiro atoms. The highest BCUT2D eigenvalue weighted by atomic mass is 32.1. The number of phenols is 1. The molecule has 0 aliphatic rings. The lowest BCUT2D eigenvalue weighted by molar-refractivity contribution is 0.472. The number of anilines is 1. The van der Waals surface area contributed by atoms with Gasteiger partial charge in [-0.2, -0.15) is 12.6 Å². The highest BCUT2D eigenvalue weighted by molar-refractivity contribution is 7.80. The van der Waals surface area contributed by atoms with Crippen molar-refractivity contribution < 1.29 is 5.11 Å². The molecule has 0 fully saturated rings. The number of rotatable bonds is 2. The van der Waals surface area contributed by atoms with Crippen LogP contribution >= 0.6 is 12.6 Å². The zero-order valence-corrected chi connectivity index (χ0v) is 7.01. The Labute approximate surface area is 71.5 Å². The van der Waals surface area contributed by atoms with E-state index in [1.807, 2.05) is 12.1 Å². The van der Waals surface area contributed by atoms with Crippen LogP contribution in [0.5, 0.6) is 5.75 Å². The minimum Gasteiger partial charge on any atom is -0.506 e. The van der Waals surface area contributed by atoms with Crippen molar-refractivity contribution in [3.05, 3.63) is 23.8 Å². The molecule has 1 aromatic carbocycles. The molecular weight excluding hydrogens is 158 g/mol. The molecule has 1 aromatic rings. The predicted molar refractivity (Wildman–Crippen MR) is 50.1 cm³/mol. The van der Waals surface area contributed by atoms with E-state index < -0.39 is 0 Å². The van der Waals surface area contributed by atoms with E-state index >= 15 is 0 Å². The van der Waals surface area contributed by atoms with E-state index in [1.165, 1.54) is 0 Å². The van der Waals surface area contributed by atoms with Crippen molar-refractivity contribution in [1.82, 2.24) is 0 Å². The topological polar surface area (TPSA) is 46.2 Å². The van der Waals surface area contributed by atoms with Gasteiger partial charge in [-0.3, -0.25) is 0 Å². The summed E-state index contributed by atoms with van der Waals surface area (Å²) in [6.07, 6.45) is 0.750. The minimum absolute atomic E-state index is 0.196. The van der Waals surface area contributed by atoms with Crippen molar-refractivity contribution in [2.24, 2.45) is 0 Å². The molecule has 60 valence electrons. The summed E-state index contributed by atoms with van der Waals surface area (Å²) in [4.78, 5) is 0. The lowest BCUT2D eigenvalue weighted by atomic mass is 10.1. The Hall–Kier alpha value is -0.830. The van der Waals surface area contributed by atoms with Gasteiger partial charge in [-0.25, -0.2) is 0 Å². The van der Waals surface area contributed by atoms with Crippen molar-refractivity contribution in [2.75, 3.05) is 11.5 Å². The predicted octanol–water partition coefficient (Wildman–Crippen LogP) is 1.45. The molecule has 3 N–H and O–H groups in total. The number of hydrogen-bond donors (Lipinski definition) is 3. The molecule has 11 heavy (non-hydrogen) atoms. The number of phenolic OH excluding ortho intramolecular Hbond substituents is 1. The smallest absolute Gasteiger partial charge is 0.141 e. The second kappa shape index (κ2) is 3.53. The Bertz CT molecular complexity index is 250. The maximum absolute atomic E-state index is 9.37. The van der Waals surface area contributed by atoms with Gasteiger partial charge < -0.3 is 10.8 Å². The maximum atomic E-state index is 9.37. The molecular formula is C8H11NOS. The molecule has 0 heterocycles. The van der Waals surface area contributed by atoms with Crippen LogP contribution in [-0.2, 0) is 6.42 Å². The molecule has 0 amide bonds. The molecule has 0 aliphatic carbocycles. The fourth-order valence-electron chi connectivity index (χ4n) is 0.933. The van der Waals surface area contributed by atoms with Crippen LogP contribution in [0.1, 0.15) is 5.56 Å². The first-order chi connectivity index (χ1) is 5.25. The highest BCUT2D eigenvalue weighted by Gasteiger charge is 2.01. The number of nitrogen functional groups attached to an aromatic ring is 1. The third-order valence-corrected chi connectivity index (χ3v) is 1.76. The molecule has 0 aromatic heterocycles. The third-order valence-electron chi connectivity index (χ3n) is 1.53. The first kappa shape index (κ1) is 8.27. The lowest BCUT2D eigenvalue weighted by Gasteiger charge is -2.03. The second-order valence-electron chi connectivity index (χ2n) is 2.33. The van der Waals surface area contributed by atoms with Gasteiger partial charge in [0.15, 0.2) is 0 Å². The van der Waals surface area contributed by atoms with Crippen LogP contribution in [-0.4, -0.2) is 10.9 Å². The molecule has 0 saturated carbocycles. The molecule has 1 rings (SSSR count). The van der Waals surface area contributed by atoms with Gasteiger partial charge in [-0.1, -0.05) is 12.1 Å². The van der Waals surface area contributed by atoms with E-state index in [1.54, 1.807) is 6.07 Å². The number of thiol groups is 1. The van der Waals surface area contributed by atoms with E-state index in [-0.39, 0.29) is 5.75 Å². The molecule has 0 atom stereocenters. The van der Waals surface area contributed by atoms with E-state index in [9.17, 15) is 5.11 Å². The summed E-state index contributed by atoms with van der Waals surface area (Å²) in [7, 11) is 0. The Morgan fingerprint density at radius 2 is 2.18 bits per heavy atom. The van der Waals surface area contributed by atoms with Crippen LogP contribution in [0.2, 0.25) is 0 Å². The lowest BCUT2D eigenvalue weighted by Crippen LogP contribution is -1.91. The Morgan fingerprint density at radius 3 is 2.82 bits per heavy atom. The van der Waals surface area contributed by atoms with E-state index in [2.05, 4.69) is 12.6 Å². The van der Waals surface area contributed by atoms with Crippen LogP contribution in [0.25, 0.3) is 0 Å². The minimum atomic E-state index is 0.196. The second-order valence-corrected chi connectivity index (χ2v) is 2.78. The monoisotopic (exact) mass is 169 g/mol. The summed E-state index contributed by atoms with van der Waals surface area (Å²) < 4.78 is 0. The van der Waals surface area contributed by atoms with Crippen LogP contribution < -0.4 is 5.73 Å². The van der Waals surface area contributed by atoms with E-state index in [0.717, 1.165) is 17.7 Å². The summed E-state index contributed by atoms with van der Waals surface area (Å²) in [5.41, 5.74) is 6.77. The molecule has 3 heteroatoms. The first-order valence-electron chi connectivity index (χ1n) is 3.43. The van der Waals surface area contributed by atoms with Gasteiger partial charge in [0, 0.05) is 0 Å². The number of aryl methyl sites for hydroxylation is 1. The maximum Gasteiger partial charge on any atom is 0.141 e. The molecule has 0 radical (unpaired) electrons. The summed E-state index contributed by atoms with van der Waals surface area (Å²) in [6.45, 7) is 0. The zero-order valence-electron chi connectivity index (χ0n) is 6.12. The van der Waals surface area contributed by atoms with Crippen LogP contribution in [0.3, 0.4) is 0 Å². The largest absolute Gasteiger partial charge is 0.506 e. The number of hydrogen-bond acceptors (Lipinski definition) is 3. The van der Waals surface area contributed by atoms with Gasteiger partial charge in [0.25, 0.3) is 0 Å². The SMILES string of the molecule is Nc1cccc(CCS)c1O. The Kier molecular flexibility index (Phi) is 2.65. The van der Waals surface area contributed by atoms with Gasteiger partial charge in [-0.05, 0) is 23.8 Å². The number of nitrogens with two attached hydrogens (primary N) is 1. The highest BCUT2D eigenvalue weighted by Crippen LogP contribution is 2.24. The van der Waals surface area contributed by atoms with Crippen molar-refractivity contribution in [1.29, 1.82) is 0 Å². The average Bonchev–Trinajstić information content (AvgIpc) is 1.99. The summed E-state index contributed by atoms with van der Waals surface area (Å²) in [6, 6.07) is 5.35. The summed E-state index contributed by atoms with van der Waals surface area (Å²) in [5.74, 6) is 0.915. The molecule has 0 aliphatic heterocycles. The van der Waals surface area contributed by atoms with Crippen LogP contribution in [0.4, 0.5) is 5.69 Å². The zero-order chi connectivity index (χ0) is 8.27. The average molecular weight is 169 g/mol. The van der Waals surface area contributed by atoms with Gasteiger partial charge in [0.2, 0.25) is 0 Å². The normalized spacial score (nSPS) is 9.91. The standard InChI is InChI=1S/C8H11NOS/c9-7-3-1-2-6(4-5-11)8(7)10/h1-3,10-11H,4-5,9H2. The quantitative estimate of drug-likeness (QED) is 0.356. The van der Waals surface area contributed by atoms with E-state index in [4.69, 9.17) is 5.73 Å². The van der Waals surface area contributed by atoms with E-state index in [0.29, 0.717) is 5.69 Å². The van der Waals surface area contributed by atoms with Crippen molar-refractivity contribution in [2.45, 2.75) is 6.42 Å². The van der Waals surface area contributed by atoms with Crippen molar-refractivity contribution >= 4 is 18.3 Å². The number of para-hydroxylation sites is 1. The fourth-order valence-corrected chi connectivity index (χ4v) is 1.17. The Balaban J connectivity index is 2.96. The van der Waals surface area contributed by atoms with Gasteiger partial charge in [0.1, 0.15) is 5.75 Å². The van der Waals surface area contributed by atoms with Crippen molar-refractivity contribution in [3.8, 4) is 5.75 Å². The molecule has 2 nitrogen and oxygen atoms in total. The van der Waals surface area contributed by atoms with Crippen LogP contribution in [0, 0.1) is 0 Å². The fraction of sp³-hybridized carbons (Fsp3) is 0.250. The molecule has 0 saturated heterocycles. The number of aromatic hydroxyl groups is 1. The summed E-state index contributed by atoms with van der Waals surface area (Å²) in [5, 5.41) is 9.37. The third kappa shape index (κ3) is 1.80. The molecule has 0 bridgehead atoms. The van der Waals surface area contributed by atoms with Gasteiger partial charge >= 0.3 is 0 Å². The summed E-state index contributed by atoms with van der Waals surface area (Å²) >= 11 is 4.06. The van der Waals surface area contributed by atoms with Crippen LogP contribution in [0.15, 0.2) is 18.2 Å². The Morgan fingerprint density at radius 1 is 1.45 bits per heavy atom. The number of benzene rings is 1. The van der Waals surface area contributed by atoms with Gasteiger partial charge in [0.05, 0.1) is 5.69 Å². The van der Waals surface area contributed by atoms with Gasteiger partial charge in [-0.15, -0.1) is 0 Å². The van der Waals surface area contributed by atoms with Crippen molar-refractivity contribution in [3.63, 3.8) is 0 Å². The molecule has 0 unspecified atom stereocenters. The first-order valence-corrected chi connectivity index (χ1v) is 4.06.